The van der Waals surface area contributed by atoms with Crippen molar-refractivity contribution in [2.45, 2.75) is 70.7 Å². The quantitative estimate of drug-likeness (QED) is 0.245. The van der Waals surface area contributed by atoms with Gasteiger partial charge in [-0.1, -0.05) is 32.4 Å². The summed E-state index contributed by atoms with van der Waals surface area (Å²) in [6.07, 6.45) is 4.76. The minimum Gasteiger partial charge on any atom is -0.491 e. The smallest absolute Gasteiger partial charge is 0.408 e. The summed E-state index contributed by atoms with van der Waals surface area (Å²) in [6.45, 7) is 9.77. The maximum atomic E-state index is 14.2. The number of amides is 3. The molecule has 6 atom stereocenters. The van der Waals surface area contributed by atoms with Gasteiger partial charge in [-0.05, 0) is 48.6 Å². The van der Waals surface area contributed by atoms with E-state index in [-0.39, 0.29) is 36.0 Å². The first kappa shape index (κ1) is 36.0. The Morgan fingerprint density at radius 3 is 2.56 bits per heavy atom. The predicted molar refractivity (Wildman–Crippen MR) is 189 cm³/mol. The molecule has 52 heavy (non-hydrogen) atoms. The van der Waals surface area contributed by atoms with Gasteiger partial charge in [0, 0.05) is 49.9 Å². The topological polar surface area (TPSA) is 183 Å². The van der Waals surface area contributed by atoms with Gasteiger partial charge in [-0.3, -0.25) is 14.5 Å². The van der Waals surface area contributed by atoms with E-state index < -0.39 is 41.5 Å². The van der Waals surface area contributed by atoms with E-state index in [0.717, 1.165) is 25.9 Å². The number of imidazole rings is 1. The number of ether oxygens (including phenoxy) is 5. The van der Waals surface area contributed by atoms with Crippen LogP contribution in [0.15, 0.2) is 30.6 Å². The third kappa shape index (κ3) is 8.16. The molecule has 16 heteroatoms. The predicted octanol–water partition coefficient (Wildman–Crippen LogP) is 3.89. The number of nitrogens with one attached hydrogen (secondary N) is 2. The zero-order valence-electron chi connectivity index (χ0n) is 29.6. The molecule has 4 fully saturated rings. The third-order valence-corrected chi connectivity index (χ3v) is 10.6. The van der Waals surface area contributed by atoms with Crippen LogP contribution in [0.4, 0.5) is 4.79 Å². The summed E-state index contributed by atoms with van der Waals surface area (Å²) in [5.41, 5.74) is 5.52. The molecule has 2 aromatic heterocycles. The highest BCUT2D eigenvalue weighted by molar-refractivity contribution is 6.36. The van der Waals surface area contributed by atoms with Gasteiger partial charge in [0.1, 0.15) is 52.9 Å². The number of aromatic nitrogens is 3. The summed E-state index contributed by atoms with van der Waals surface area (Å²) < 4.78 is 29.6. The average molecular weight is 740 g/mol. The number of rotatable bonds is 12. The normalized spacial score (nSPS) is 25.0. The summed E-state index contributed by atoms with van der Waals surface area (Å²) in [5.74, 6) is 1.11. The van der Waals surface area contributed by atoms with Gasteiger partial charge in [0.2, 0.25) is 17.7 Å². The van der Waals surface area contributed by atoms with Crippen molar-refractivity contribution in [1.82, 2.24) is 30.1 Å². The van der Waals surface area contributed by atoms with E-state index in [0.29, 0.717) is 60.6 Å². The van der Waals surface area contributed by atoms with Crippen LogP contribution < -0.4 is 25.3 Å². The Balaban J connectivity index is 1.10. The maximum absolute atomic E-state index is 14.2. The molecule has 3 aromatic rings. The monoisotopic (exact) mass is 739 g/mol. The highest BCUT2D eigenvalue weighted by Gasteiger charge is 2.48. The first-order chi connectivity index (χ1) is 24.9. The number of likely N-dealkylation sites (tertiary alicyclic amines) is 1. The van der Waals surface area contributed by atoms with Crippen molar-refractivity contribution in [3.05, 3.63) is 35.6 Å². The number of halogens is 1. The number of nitrogens with two attached hydrogens (primary N) is 1. The van der Waals surface area contributed by atoms with E-state index >= 15 is 0 Å². The van der Waals surface area contributed by atoms with Gasteiger partial charge in [-0.25, -0.2) is 14.8 Å². The fourth-order valence-electron chi connectivity index (χ4n) is 7.41. The molecule has 7 rings (SSSR count). The summed E-state index contributed by atoms with van der Waals surface area (Å²) in [6, 6.07) is 3.42. The molecular weight excluding hydrogens is 694 g/mol. The number of alkyl carbamates (subject to hydrolysis) is 1. The van der Waals surface area contributed by atoms with Gasteiger partial charge in [-0.15, -0.1) is 0 Å². The van der Waals surface area contributed by atoms with Crippen molar-refractivity contribution in [3.63, 3.8) is 0 Å². The van der Waals surface area contributed by atoms with Crippen LogP contribution in [0.1, 0.15) is 46.5 Å². The van der Waals surface area contributed by atoms with Gasteiger partial charge in [0.15, 0.2) is 0 Å². The molecule has 1 aromatic carbocycles. The highest BCUT2D eigenvalue weighted by atomic mass is 35.5. The zero-order chi connectivity index (χ0) is 36.6. The van der Waals surface area contributed by atoms with Crippen LogP contribution in [0.25, 0.3) is 10.9 Å². The number of benzene rings is 1. The van der Waals surface area contributed by atoms with E-state index in [1.165, 1.54) is 11.3 Å². The number of primary amides is 1. The number of hydrogen-bond acceptors (Lipinski definition) is 11. The number of H-pyrrole nitrogens is 1. The number of nitrogens with zero attached hydrogens (tertiary/aromatic N) is 4. The molecule has 4 N–H and O–H groups in total. The van der Waals surface area contributed by atoms with Crippen molar-refractivity contribution in [3.8, 4) is 23.4 Å². The number of fused-ring (bicyclic) bond motifs is 2. The van der Waals surface area contributed by atoms with Gasteiger partial charge in [0.25, 0.3) is 6.01 Å². The molecule has 2 saturated heterocycles. The molecule has 0 spiro atoms. The Morgan fingerprint density at radius 2 is 1.87 bits per heavy atom. The van der Waals surface area contributed by atoms with Crippen LogP contribution in [0.2, 0.25) is 5.02 Å². The van der Waals surface area contributed by atoms with E-state index in [4.69, 9.17) is 41.0 Å². The fraction of sp³-hybridized carbons (Fsp3) is 0.583. The van der Waals surface area contributed by atoms with Crippen molar-refractivity contribution in [1.29, 1.82) is 0 Å². The van der Waals surface area contributed by atoms with Crippen LogP contribution in [-0.4, -0.2) is 113 Å². The number of pyridine rings is 1. The standard InChI is InChI=1S/C36H46ClN7O8/c1-36(2,3)31(42-35(47)51-22-15-20-14-21(20)16-22)33(46)44-19-23(17-25(44)32(38)45)50-27-18-28(52-34-39-6-7-40-34)41-30-24(27)4-5-26(29(30)37)49-13-10-43-8-11-48-12-9-43/h4-7,18,20-23,25,31H,8-17,19H2,1-3H3,(H2,38,45)(H,39,40)(H,42,47)/t20-,21+,22+,23?,25-,31+/m0/s1. The van der Waals surface area contributed by atoms with E-state index in [1.807, 2.05) is 20.8 Å². The SMILES string of the molecule is CC(C)(C)[C@H](NC(=O)O[C@@H]1C[C@@H]2C[C@@H]2C1)C(=O)N1CC(Oc2cc(Oc3ncc[nH]3)nc3c(Cl)c(OCCN4CCOCC4)ccc23)C[C@H]1C(N)=O. The van der Waals surface area contributed by atoms with Crippen molar-refractivity contribution < 1.29 is 38.1 Å². The van der Waals surface area contributed by atoms with Crippen LogP contribution >= 0.6 is 11.6 Å². The lowest BCUT2D eigenvalue weighted by Gasteiger charge is -2.35. The summed E-state index contributed by atoms with van der Waals surface area (Å²) in [7, 11) is 0. The zero-order valence-corrected chi connectivity index (χ0v) is 30.4. The van der Waals surface area contributed by atoms with Crippen molar-refractivity contribution >= 4 is 40.4 Å². The van der Waals surface area contributed by atoms with Gasteiger partial charge < -0.3 is 44.6 Å². The molecule has 4 heterocycles. The molecule has 4 aliphatic rings. The molecule has 0 bridgehead atoms. The number of carbonyl (C=O) groups excluding carboxylic acids is 3. The largest absolute Gasteiger partial charge is 0.491 e. The minimum absolute atomic E-state index is 0.0381. The third-order valence-electron chi connectivity index (χ3n) is 10.3. The molecule has 2 saturated carbocycles. The average Bonchev–Trinajstić information content (AvgIpc) is 3.46. The van der Waals surface area contributed by atoms with Crippen LogP contribution in [0.3, 0.4) is 0 Å². The first-order valence-electron chi connectivity index (χ1n) is 17.9. The van der Waals surface area contributed by atoms with Gasteiger partial charge in [0.05, 0.1) is 19.8 Å². The molecule has 0 radical (unpaired) electrons. The summed E-state index contributed by atoms with van der Waals surface area (Å²) in [4.78, 5) is 55.3. The van der Waals surface area contributed by atoms with Gasteiger partial charge >= 0.3 is 6.09 Å². The lowest BCUT2D eigenvalue weighted by Crippen LogP contribution is -2.57. The van der Waals surface area contributed by atoms with E-state index in [2.05, 4.69) is 25.2 Å². The van der Waals surface area contributed by atoms with Crippen LogP contribution in [0.5, 0.6) is 23.4 Å². The molecule has 3 amide bonds. The molecule has 1 unspecified atom stereocenters. The molecule has 15 nitrogen and oxygen atoms in total. The Kier molecular flexibility index (Phi) is 10.4. The first-order valence-corrected chi connectivity index (χ1v) is 18.3. The minimum atomic E-state index is -0.980. The second kappa shape index (κ2) is 15.0. The highest BCUT2D eigenvalue weighted by Crippen LogP contribution is 2.52. The Labute approximate surface area is 306 Å². The number of hydrogen-bond donors (Lipinski definition) is 3. The lowest BCUT2D eigenvalue weighted by atomic mass is 9.85. The Hall–Kier alpha value is -4.34. The van der Waals surface area contributed by atoms with Crippen molar-refractivity contribution in [2.75, 3.05) is 46.0 Å². The van der Waals surface area contributed by atoms with Crippen LogP contribution in [-0.2, 0) is 19.1 Å². The van der Waals surface area contributed by atoms with E-state index in [1.54, 1.807) is 30.6 Å². The number of aromatic amines is 1. The molecule has 2 aliphatic carbocycles. The molecule has 2 aliphatic heterocycles. The maximum Gasteiger partial charge on any atom is 0.408 e. The fourth-order valence-corrected chi connectivity index (χ4v) is 7.67. The van der Waals surface area contributed by atoms with E-state index in [9.17, 15) is 14.4 Å². The second-order valence-electron chi connectivity index (χ2n) is 15.1. The van der Waals surface area contributed by atoms with Crippen LogP contribution in [0, 0.1) is 17.3 Å². The Morgan fingerprint density at radius 1 is 1.10 bits per heavy atom. The lowest BCUT2D eigenvalue weighted by molar-refractivity contribution is -0.141. The van der Waals surface area contributed by atoms with Gasteiger partial charge in [-0.2, -0.15) is 0 Å². The molecular formula is C36H46ClN7O8. The summed E-state index contributed by atoms with van der Waals surface area (Å²) in [5, 5.41) is 3.64. The summed E-state index contributed by atoms with van der Waals surface area (Å²) >= 11 is 6.90. The van der Waals surface area contributed by atoms with Crippen molar-refractivity contribution in [2.24, 2.45) is 23.0 Å². The number of morpholine rings is 1. The second-order valence-corrected chi connectivity index (χ2v) is 15.5. The number of carbonyl (C=O) groups is 3. The Bertz CT molecular complexity index is 1770. The molecule has 280 valence electrons.